The van der Waals surface area contributed by atoms with Crippen LogP contribution in [0.15, 0.2) is 0 Å². The molecule has 0 unspecified atom stereocenters. The summed E-state index contributed by atoms with van der Waals surface area (Å²) < 4.78 is 0. The second-order valence-corrected chi connectivity index (χ2v) is 3.29. The number of carbonyl (C=O) groups is 1. The molecule has 12 heavy (non-hydrogen) atoms. The van der Waals surface area contributed by atoms with Gasteiger partial charge >= 0.3 is 0 Å². The molecule has 3 nitrogen and oxygen atoms in total. The van der Waals surface area contributed by atoms with E-state index < -0.39 is 5.97 Å². The number of rotatable bonds is 3. The lowest BCUT2D eigenvalue weighted by molar-refractivity contribution is -0.134. The number of hydrogen-bond acceptors (Lipinski definition) is 2. The summed E-state index contributed by atoms with van der Waals surface area (Å²) in [7, 11) is 0. The highest BCUT2D eigenvalue weighted by atomic mass is 35.5. The Hall–Kier alpha value is 0.01000. The molecule has 0 aromatic carbocycles. The summed E-state index contributed by atoms with van der Waals surface area (Å²) in [6, 6.07) is 0. The topological polar surface area (TPSA) is 57.5 Å². The van der Waals surface area contributed by atoms with Crippen LogP contribution in [-0.4, -0.2) is 34.5 Å². The molecule has 0 aliphatic heterocycles. The molecule has 0 saturated heterocycles. The highest BCUT2D eigenvalue weighted by Crippen LogP contribution is 2.18. The molecule has 0 aromatic heterocycles. The van der Waals surface area contributed by atoms with Crippen LogP contribution in [0.1, 0.15) is 13.8 Å². The Bertz CT molecular complexity index is 112. The summed E-state index contributed by atoms with van der Waals surface area (Å²) in [4.78, 5) is 9.00. The number of carboxylic acids is 1. The molecule has 0 heterocycles. The Morgan fingerprint density at radius 2 is 1.67 bits per heavy atom. The Morgan fingerprint density at radius 3 is 1.67 bits per heavy atom. The first kappa shape index (κ1) is 14.5. The zero-order valence-corrected chi connectivity index (χ0v) is 8.69. The molecule has 0 spiro atoms. The lowest BCUT2D eigenvalue weighted by atomic mass is 9.98. The van der Waals surface area contributed by atoms with Crippen molar-refractivity contribution in [1.29, 1.82) is 0 Å². The van der Waals surface area contributed by atoms with Gasteiger partial charge in [-0.1, -0.05) is 6.92 Å². The van der Waals surface area contributed by atoms with Gasteiger partial charge in [-0.2, -0.15) is 0 Å². The van der Waals surface area contributed by atoms with Gasteiger partial charge in [0.1, 0.15) is 0 Å². The van der Waals surface area contributed by atoms with Crippen molar-refractivity contribution in [2.24, 2.45) is 5.41 Å². The second kappa shape index (κ2) is 7.65. The summed E-state index contributed by atoms with van der Waals surface area (Å²) in [5.41, 5.74) is -0.289. The molecule has 74 valence electrons. The van der Waals surface area contributed by atoms with Crippen molar-refractivity contribution in [3.05, 3.63) is 0 Å². The lowest BCUT2D eigenvalue weighted by Gasteiger charge is -2.19. The molecule has 0 bridgehead atoms. The maximum atomic E-state index is 9.00. The third kappa shape index (κ3) is 10.0. The van der Waals surface area contributed by atoms with Gasteiger partial charge < -0.3 is 10.2 Å². The Morgan fingerprint density at radius 1 is 1.42 bits per heavy atom. The summed E-state index contributed by atoms with van der Waals surface area (Å²) in [5.74, 6) is -0.0139. The SMILES string of the molecule is CC(=O)O.CC(CO)(CCl)CCl. The molecule has 0 fully saturated rings. The van der Waals surface area contributed by atoms with Crippen molar-refractivity contribution < 1.29 is 15.0 Å². The van der Waals surface area contributed by atoms with Crippen LogP contribution in [-0.2, 0) is 4.79 Å². The number of alkyl halides is 2. The molecule has 0 rings (SSSR count). The van der Waals surface area contributed by atoms with E-state index in [1.54, 1.807) is 0 Å². The predicted molar refractivity (Wildman–Crippen MR) is 49.9 cm³/mol. The first-order valence-electron chi connectivity index (χ1n) is 3.34. The Kier molecular flexibility index (Phi) is 9.26. The van der Waals surface area contributed by atoms with E-state index in [1.165, 1.54) is 0 Å². The molecule has 0 atom stereocenters. The van der Waals surface area contributed by atoms with Gasteiger partial charge in [-0.15, -0.1) is 23.2 Å². The molecule has 0 amide bonds. The van der Waals surface area contributed by atoms with E-state index in [1.807, 2.05) is 6.92 Å². The van der Waals surface area contributed by atoms with E-state index in [4.69, 9.17) is 38.2 Å². The van der Waals surface area contributed by atoms with Crippen LogP contribution in [0.2, 0.25) is 0 Å². The molecule has 0 radical (unpaired) electrons. The molecular weight excluding hydrogens is 203 g/mol. The number of carboxylic acid groups (broad SMARTS) is 1. The van der Waals surface area contributed by atoms with E-state index in [-0.39, 0.29) is 12.0 Å². The lowest BCUT2D eigenvalue weighted by Crippen LogP contribution is -2.24. The van der Waals surface area contributed by atoms with Crippen LogP contribution >= 0.6 is 23.2 Å². The van der Waals surface area contributed by atoms with Crippen molar-refractivity contribution in [3.63, 3.8) is 0 Å². The van der Waals surface area contributed by atoms with Gasteiger partial charge in [0, 0.05) is 24.1 Å². The van der Waals surface area contributed by atoms with E-state index >= 15 is 0 Å². The third-order valence-electron chi connectivity index (χ3n) is 1.03. The number of hydrogen-bond donors (Lipinski definition) is 2. The monoisotopic (exact) mass is 216 g/mol. The van der Waals surface area contributed by atoms with Crippen LogP contribution in [0.25, 0.3) is 0 Å². The van der Waals surface area contributed by atoms with Crippen molar-refractivity contribution in [2.75, 3.05) is 18.4 Å². The third-order valence-corrected chi connectivity index (χ3v) is 2.32. The van der Waals surface area contributed by atoms with Gasteiger partial charge in [0.15, 0.2) is 0 Å². The minimum absolute atomic E-state index is 0.0556. The quantitative estimate of drug-likeness (QED) is 0.705. The van der Waals surface area contributed by atoms with Crippen molar-refractivity contribution in [1.82, 2.24) is 0 Å². The number of halogens is 2. The highest BCUT2D eigenvalue weighted by molar-refractivity contribution is 6.21. The fourth-order valence-corrected chi connectivity index (χ4v) is 0.575. The molecule has 0 aromatic rings. The standard InChI is InChI=1S/C5H10Cl2O.C2H4O2/c1-5(2-6,3-7)4-8;1-2(3)4/h8H,2-4H2,1H3;1H3,(H,3,4). The van der Waals surface area contributed by atoms with Crippen LogP contribution in [0.5, 0.6) is 0 Å². The summed E-state index contributed by atoms with van der Waals surface area (Å²) in [5, 5.41) is 16.0. The molecule has 5 heteroatoms. The van der Waals surface area contributed by atoms with Gasteiger partial charge in [-0.05, 0) is 0 Å². The van der Waals surface area contributed by atoms with Gasteiger partial charge in [-0.3, -0.25) is 4.79 Å². The van der Waals surface area contributed by atoms with Gasteiger partial charge in [0.25, 0.3) is 5.97 Å². The summed E-state index contributed by atoms with van der Waals surface area (Å²) in [6.07, 6.45) is 0. The van der Waals surface area contributed by atoms with Crippen LogP contribution in [0.4, 0.5) is 0 Å². The number of aliphatic carboxylic acids is 1. The smallest absolute Gasteiger partial charge is 0.300 e. The van der Waals surface area contributed by atoms with E-state index in [0.717, 1.165) is 6.92 Å². The van der Waals surface area contributed by atoms with Crippen molar-refractivity contribution in [3.8, 4) is 0 Å². The molecule has 0 aliphatic rings. The normalized spacial score (nSPS) is 10.1. The van der Waals surface area contributed by atoms with Crippen LogP contribution in [0.3, 0.4) is 0 Å². The first-order valence-corrected chi connectivity index (χ1v) is 4.41. The van der Waals surface area contributed by atoms with E-state index in [9.17, 15) is 0 Å². The Labute approximate surface area is 82.3 Å². The van der Waals surface area contributed by atoms with Gasteiger partial charge in [-0.25, -0.2) is 0 Å². The largest absolute Gasteiger partial charge is 0.481 e. The second-order valence-electron chi connectivity index (χ2n) is 2.76. The van der Waals surface area contributed by atoms with Gasteiger partial charge in [0.2, 0.25) is 0 Å². The maximum Gasteiger partial charge on any atom is 0.300 e. The average Bonchev–Trinajstić information content (AvgIpc) is 2.02. The minimum atomic E-state index is -0.833. The van der Waals surface area contributed by atoms with E-state index in [0.29, 0.717) is 11.8 Å². The van der Waals surface area contributed by atoms with Crippen molar-refractivity contribution in [2.45, 2.75) is 13.8 Å². The number of aliphatic hydroxyl groups is 1. The Balaban J connectivity index is 0. The van der Waals surface area contributed by atoms with Crippen LogP contribution in [0, 0.1) is 5.41 Å². The van der Waals surface area contributed by atoms with Crippen LogP contribution < -0.4 is 0 Å². The first-order chi connectivity index (χ1) is 5.41. The average molecular weight is 217 g/mol. The fraction of sp³-hybridized carbons (Fsp3) is 0.857. The fourth-order valence-electron chi connectivity index (χ4n) is 0.120. The highest BCUT2D eigenvalue weighted by Gasteiger charge is 2.19. The number of aliphatic hydroxyl groups excluding tert-OH is 1. The molecular formula is C7H14Cl2O3. The minimum Gasteiger partial charge on any atom is -0.481 e. The summed E-state index contributed by atoms with van der Waals surface area (Å²) >= 11 is 10.9. The maximum absolute atomic E-state index is 9.00. The zero-order valence-electron chi connectivity index (χ0n) is 7.18. The molecule has 0 saturated carbocycles. The van der Waals surface area contributed by atoms with E-state index in [2.05, 4.69) is 0 Å². The summed E-state index contributed by atoms with van der Waals surface area (Å²) in [6.45, 7) is 2.98. The van der Waals surface area contributed by atoms with Gasteiger partial charge in [0.05, 0.1) is 6.61 Å². The predicted octanol–water partition coefficient (Wildman–Crippen LogP) is 1.55. The molecule has 2 N–H and O–H groups in total. The molecule has 0 aliphatic carbocycles. The van der Waals surface area contributed by atoms with Crippen molar-refractivity contribution >= 4 is 29.2 Å². The zero-order chi connectivity index (χ0) is 10.2.